The molecule has 2 heterocycles. The average molecular weight is 284 g/mol. The first-order valence-corrected chi connectivity index (χ1v) is 6.97. The van der Waals surface area contributed by atoms with Crippen LogP contribution in [0.2, 0.25) is 0 Å². The Bertz CT molecular complexity index is 807. The van der Waals surface area contributed by atoms with E-state index in [1.165, 1.54) is 11.3 Å². The fourth-order valence-electron chi connectivity index (χ4n) is 2.05. The van der Waals surface area contributed by atoms with Gasteiger partial charge in [0.15, 0.2) is 5.82 Å². The molecule has 0 saturated heterocycles. The Balaban J connectivity index is 2.17. The van der Waals surface area contributed by atoms with E-state index >= 15 is 0 Å². The van der Waals surface area contributed by atoms with Gasteiger partial charge in [0.05, 0.1) is 4.88 Å². The van der Waals surface area contributed by atoms with Crippen LogP contribution in [0.15, 0.2) is 46.6 Å². The maximum absolute atomic E-state index is 12.2. The normalized spacial score (nSPS) is 10.7. The predicted molar refractivity (Wildman–Crippen MR) is 80.0 cm³/mol. The Hall–Kier alpha value is -2.40. The van der Waals surface area contributed by atoms with E-state index in [0.29, 0.717) is 11.4 Å². The summed E-state index contributed by atoms with van der Waals surface area (Å²) in [5.74, 6) is 0.140. The van der Waals surface area contributed by atoms with Crippen LogP contribution in [0.3, 0.4) is 0 Å². The molecule has 0 unspecified atom stereocenters. The Labute approximate surface area is 119 Å². The summed E-state index contributed by atoms with van der Waals surface area (Å²) in [6, 6.07) is 11.1. The van der Waals surface area contributed by atoms with Gasteiger partial charge in [-0.2, -0.15) is 4.98 Å². The summed E-state index contributed by atoms with van der Waals surface area (Å²) >= 11 is 1.45. The lowest BCUT2D eigenvalue weighted by Gasteiger charge is -2.06. The molecule has 0 atom stereocenters. The van der Waals surface area contributed by atoms with Crippen molar-refractivity contribution in [2.24, 2.45) is 0 Å². The number of benzene rings is 1. The monoisotopic (exact) mass is 284 g/mol. The van der Waals surface area contributed by atoms with E-state index in [4.69, 9.17) is 0 Å². The molecule has 20 heavy (non-hydrogen) atoms. The quantitative estimate of drug-likeness (QED) is 0.759. The smallest absolute Gasteiger partial charge is 0.262 e. The molecule has 100 valence electrons. The van der Waals surface area contributed by atoms with E-state index in [9.17, 15) is 9.90 Å². The molecule has 2 N–H and O–H groups in total. The molecule has 0 bridgehead atoms. The fraction of sp³-hybridized carbons (Fsp3) is 0.0667. The summed E-state index contributed by atoms with van der Waals surface area (Å²) in [5, 5.41) is 12.0. The summed E-state index contributed by atoms with van der Waals surface area (Å²) in [6.45, 7) is 1.93. The minimum Gasteiger partial charge on any atom is -0.493 e. The number of thiophene rings is 1. The Morgan fingerprint density at radius 2 is 2.10 bits per heavy atom. The van der Waals surface area contributed by atoms with Crippen molar-refractivity contribution in [3.8, 4) is 27.7 Å². The molecule has 4 nitrogen and oxygen atoms in total. The van der Waals surface area contributed by atoms with E-state index in [-0.39, 0.29) is 17.0 Å². The molecule has 0 saturated carbocycles. The van der Waals surface area contributed by atoms with Crippen LogP contribution >= 0.6 is 11.3 Å². The number of nitrogens with zero attached hydrogens (tertiary/aromatic N) is 1. The number of hydrogen-bond donors (Lipinski definition) is 2. The summed E-state index contributed by atoms with van der Waals surface area (Å²) in [7, 11) is 0. The van der Waals surface area contributed by atoms with Crippen LogP contribution in [0.4, 0.5) is 0 Å². The summed E-state index contributed by atoms with van der Waals surface area (Å²) in [5.41, 5.74) is 1.54. The maximum atomic E-state index is 12.2. The van der Waals surface area contributed by atoms with Crippen LogP contribution in [0.25, 0.3) is 21.8 Å². The highest BCUT2D eigenvalue weighted by Gasteiger charge is 2.14. The van der Waals surface area contributed by atoms with E-state index in [2.05, 4.69) is 9.97 Å². The zero-order valence-corrected chi connectivity index (χ0v) is 11.6. The number of hydrogen-bond acceptors (Lipinski definition) is 4. The summed E-state index contributed by atoms with van der Waals surface area (Å²) in [4.78, 5) is 19.8. The second kappa shape index (κ2) is 4.94. The molecular formula is C15H12N2O2S. The minimum absolute atomic E-state index is 0.203. The highest BCUT2D eigenvalue weighted by Crippen LogP contribution is 2.27. The molecule has 0 spiro atoms. The lowest BCUT2D eigenvalue weighted by atomic mass is 10.1. The van der Waals surface area contributed by atoms with Gasteiger partial charge in [-0.15, -0.1) is 11.3 Å². The molecular weight excluding hydrogens is 272 g/mol. The number of rotatable bonds is 2. The molecule has 5 heteroatoms. The Morgan fingerprint density at radius 3 is 2.75 bits per heavy atom. The van der Waals surface area contributed by atoms with Crippen molar-refractivity contribution >= 4 is 11.3 Å². The Kier molecular flexibility index (Phi) is 3.12. The molecule has 3 aromatic rings. The van der Waals surface area contributed by atoms with Gasteiger partial charge in [0, 0.05) is 0 Å². The van der Waals surface area contributed by atoms with Gasteiger partial charge in [-0.1, -0.05) is 35.9 Å². The van der Waals surface area contributed by atoms with Gasteiger partial charge in [0.2, 0.25) is 5.88 Å². The maximum Gasteiger partial charge on any atom is 0.262 e. The van der Waals surface area contributed by atoms with Crippen molar-refractivity contribution in [1.82, 2.24) is 9.97 Å². The number of aromatic hydroxyl groups is 1. The first-order valence-electron chi connectivity index (χ1n) is 6.09. The van der Waals surface area contributed by atoms with E-state index in [0.717, 1.165) is 10.4 Å². The van der Waals surface area contributed by atoms with Gasteiger partial charge < -0.3 is 10.1 Å². The number of aryl methyl sites for hydroxylation is 1. The van der Waals surface area contributed by atoms with Crippen molar-refractivity contribution in [2.75, 3.05) is 0 Å². The molecule has 2 aromatic heterocycles. The topological polar surface area (TPSA) is 66.0 Å². The minimum atomic E-state index is -0.341. The largest absolute Gasteiger partial charge is 0.493 e. The van der Waals surface area contributed by atoms with Crippen LogP contribution in [0, 0.1) is 6.92 Å². The van der Waals surface area contributed by atoms with Crippen LogP contribution < -0.4 is 5.56 Å². The highest BCUT2D eigenvalue weighted by atomic mass is 32.1. The number of H-pyrrole nitrogens is 1. The summed E-state index contributed by atoms with van der Waals surface area (Å²) < 4.78 is 0. The van der Waals surface area contributed by atoms with E-state index < -0.39 is 0 Å². The molecule has 0 radical (unpaired) electrons. The van der Waals surface area contributed by atoms with E-state index in [1.807, 2.05) is 42.6 Å². The molecule has 0 aliphatic heterocycles. The zero-order valence-electron chi connectivity index (χ0n) is 10.8. The van der Waals surface area contributed by atoms with Gasteiger partial charge in [0.25, 0.3) is 5.56 Å². The van der Waals surface area contributed by atoms with Crippen molar-refractivity contribution in [3.63, 3.8) is 0 Å². The standard InChI is InChI=1S/C15H12N2O2S/c1-9-4-2-5-10(8-9)12-14(18)16-13(17-15(12)19)11-6-3-7-20-11/h2-8H,1H3,(H2,16,17,18,19). The predicted octanol–water partition coefficient (Wildman–Crippen LogP) is 3.18. The first kappa shape index (κ1) is 12.6. The third kappa shape index (κ3) is 2.23. The lowest BCUT2D eigenvalue weighted by molar-refractivity contribution is 0.454. The third-order valence-electron chi connectivity index (χ3n) is 2.96. The van der Waals surface area contributed by atoms with Crippen LogP contribution in [0.5, 0.6) is 5.88 Å². The van der Waals surface area contributed by atoms with Crippen molar-refractivity contribution in [1.29, 1.82) is 0 Å². The van der Waals surface area contributed by atoms with Gasteiger partial charge >= 0.3 is 0 Å². The number of nitrogens with one attached hydrogen (secondary N) is 1. The summed E-state index contributed by atoms with van der Waals surface area (Å²) in [6.07, 6.45) is 0. The van der Waals surface area contributed by atoms with Crippen molar-refractivity contribution in [2.45, 2.75) is 6.92 Å². The average Bonchev–Trinajstić information content (AvgIpc) is 2.91. The Morgan fingerprint density at radius 1 is 1.25 bits per heavy atom. The van der Waals surface area contributed by atoms with Crippen molar-refractivity contribution in [3.05, 3.63) is 57.7 Å². The van der Waals surface area contributed by atoms with Crippen molar-refractivity contribution < 1.29 is 5.11 Å². The second-order valence-corrected chi connectivity index (χ2v) is 5.41. The molecule has 0 fully saturated rings. The third-order valence-corrected chi connectivity index (χ3v) is 3.84. The molecule has 3 rings (SSSR count). The first-order chi connectivity index (χ1) is 9.65. The van der Waals surface area contributed by atoms with Gasteiger partial charge in [-0.05, 0) is 23.9 Å². The highest BCUT2D eigenvalue weighted by molar-refractivity contribution is 7.13. The van der Waals surface area contributed by atoms with E-state index in [1.54, 1.807) is 6.07 Å². The van der Waals surface area contributed by atoms with Crippen LogP contribution in [0.1, 0.15) is 5.56 Å². The van der Waals surface area contributed by atoms with Gasteiger partial charge in [0.1, 0.15) is 5.56 Å². The van der Waals surface area contributed by atoms with Gasteiger partial charge in [-0.25, -0.2) is 0 Å². The second-order valence-electron chi connectivity index (χ2n) is 4.46. The molecule has 1 aromatic carbocycles. The van der Waals surface area contributed by atoms with Gasteiger partial charge in [-0.3, -0.25) is 4.79 Å². The fourth-order valence-corrected chi connectivity index (χ4v) is 2.72. The molecule has 0 amide bonds. The number of aromatic amines is 1. The van der Waals surface area contributed by atoms with Crippen LogP contribution in [-0.4, -0.2) is 15.1 Å². The zero-order chi connectivity index (χ0) is 14.1. The lowest BCUT2D eigenvalue weighted by Crippen LogP contribution is -2.11. The number of aromatic nitrogens is 2. The molecule has 0 aliphatic carbocycles. The SMILES string of the molecule is Cc1cccc(-c2c(O)nc(-c3cccs3)[nH]c2=O)c1. The van der Waals surface area contributed by atoms with Crippen LogP contribution in [-0.2, 0) is 0 Å². The molecule has 0 aliphatic rings.